The van der Waals surface area contributed by atoms with E-state index in [1.807, 2.05) is 16.0 Å². The molecule has 4 heterocycles. The van der Waals surface area contributed by atoms with Gasteiger partial charge in [-0.1, -0.05) is 0 Å². The van der Waals surface area contributed by atoms with Crippen LogP contribution < -0.4 is 0 Å². The van der Waals surface area contributed by atoms with Crippen molar-refractivity contribution in [1.29, 1.82) is 0 Å². The predicted octanol–water partition coefficient (Wildman–Crippen LogP) is 1.75. The molecule has 7 nitrogen and oxygen atoms in total. The minimum Gasteiger partial charge on any atom is -0.368 e. The molecule has 0 aliphatic carbocycles. The number of H-pyrrole nitrogens is 1. The van der Waals surface area contributed by atoms with Crippen LogP contribution in [0.25, 0.3) is 0 Å². The number of piperidine rings is 2. The Balaban J connectivity index is 1.31. The number of amides is 2. The SMILES string of the molecule is O=C1CCC2(CCN(C(=O)[C@H]3CCCCO3)CC2)CN1CCc1cnc[nH]1. The maximum absolute atomic E-state index is 12.7. The Hall–Kier alpha value is -1.89. The number of hydrogen-bond donors (Lipinski definition) is 1. The van der Waals surface area contributed by atoms with E-state index >= 15 is 0 Å². The molecule has 1 aromatic rings. The third-order valence-corrected chi connectivity index (χ3v) is 6.54. The molecule has 3 aliphatic heterocycles. The third kappa shape index (κ3) is 4.18. The lowest BCUT2D eigenvalue weighted by molar-refractivity contribution is -0.151. The van der Waals surface area contributed by atoms with Crippen molar-refractivity contribution in [2.75, 3.05) is 32.8 Å². The minimum absolute atomic E-state index is 0.173. The van der Waals surface area contributed by atoms with E-state index in [4.69, 9.17) is 4.74 Å². The number of nitrogens with zero attached hydrogens (tertiary/aromatic N) is 3. The Morgan fingerprint density at radius 3 is 2.85 bits per heavy atom. The second-order valence-electron chi connectivity index (χ2n) is 8.32. The number of hydrogen-bond acceptors (Lipinski definition) is 4. The number of carbonyl (C=O) groups is 2. The van der Waals surface area contributed by atoms with Crippen LogP contribution in [0.4, 0.5) is 0 Å². The molecule has 4 rings (SSSR count). The van der Waals surface area contributed by atoms with Crippen LogP contribution in [0, 0.1) is 5.41 Å². The van der Waals surface area contributed by atoms with E-state index in [0.29, 0.717) is 13.0 Å². The zero-order valence-corrected chi connectivity index (χ0v) is 16.0. The van der Waals surface area contributed by atoms with Gasteiger partial charge in [0.2, 0.25) is 5.91 Å². The molecule has 3 fully saturated rings. The molecule has 148 valence electrons. The molecule has 0 unspecified atom stereocenters. The molecule has 3 saturated heterocycles. The van der Waals surface area contributed by atoms with Crippen molar-refractivity contribution >= 4 is 11.8 Å². The maximum Gasteiger partial charge on any atom is 0.251 e. The van der Waals surface area contributed by atoms with Crippen molar-refractivity contribution < 1.29 is 14.3 Å². The first kappa shape index (κ1) is 18.5. The number of imidazole rings is 1. The maximum atomic E-state index is 12.7. The van der Waals surface area contributed by atoms with E-state index in [-0.39, 0.29) is 23.3 Å². The molecule has 27 heavy (non-hydrogen) atoms. The average molecular weight is 374 g/mol. The van der Waals surface area contributed by atoms with Gasteiger partial charge in [0.25, 0.3) is 5.91 Å². The number of rotatable bonds is 4. The van der Waals surface area contributed by atoms with Gasteiger partial charge in [0, 0.05) is 57.5 Å². The highest BCUT2D eigenvalue weighted by molar-refractivity contribution is 5.81. The average Bonchev–Trinajstić information content (AvgIpc) is 3.23. The van der Waals surface area contributed by atoms with Crippen molar-refractivity contribution in [3.8, 4) is 0 Å². The summed E-state index contributed by atoms with van der Waals surface area (Å²) in [5.74, 6) is 0.432. The van der Waals surface area contributed by atoms with E-state index in [1.165, 1.54) is 0 Å². The Labute approximate surface area is 160 Å². The first-order valence-electron chi connectivity index (χ1n) is 10.3. The van der Waals surface area contributed by atoms with E-state index in [9.17, 15) is 9.59 Å². The first-order valence-corrected chi connectivity index (χ1v) is 10.3. The van der Waals surface area contributed by atoms with E-state index in [2.05, 4.69) is 9.97 Å². The Morgan fingerprint density at radius 2 is 2.15 bits per heavy atom. The fourth-order valence-electron chi connectivity index (χ4n) is 4.73. The zero-order valence-electron chi connectivity index (χ0n) is 16.0. The smallest absolute Gasteiger partial charge is 0.251 e. The molecule has 1 N–H and O–H groups in total. The second kappa shape index (κ2) is 8.00. The van der Waals surface area contributed by atoms with Crippen LogP contribution in [0.1, 0.15) is 50.6 Å². The largest absolute Gasteiger partial charge is 0.368 e. The fourth-order valence-corrected chi connectivity index (χ4v) is 4.73. The van der Waals surface area contributed by atoms with Crippen molar-refractivity contribution in [2.45, 2.75) is 57.5 Å². The lowest BCUT2D eigenvalue weighted by atomic mass is 9.72. The summed E-state index contributed by atoms with van der Waals surface area (Å²) in [5.41, 5.74) is 1.24. The number of aromatic nitrogens is 2. The standard InChI is InChI=1S/C20H30N4O3/c25-18-4-6-20(14-24(18)9-5-16-13-21-15-22-16)7-10-23(11-8-20)19(26)17-3-1-2-12-27-17/h13,15,17H,1-12,14H2,(H,21,22)/t17-/m1/s1. The first-order chi connectivity index (χ1) is 13.2. The molecule has 7 heteroatoms. The normalized spacial score (nSPS) is 25.8. The van der Waals surface area contributed by atoms with Gasteiger partial charge in [-0.15, -0.1) is 0 Å². The number of carbonyl (C=O) groups excluding carboxylic acids is 2. The van der Waals surface area contributed by atoms with Crippen molar-refractivity contribution in [2.24, 2.45) is 5.41 Å². The molecule has 3 aliphatic rings. The van der Waals surface area contributed by atoms with Gasteiger partial charge in [0.05, 0.1) is 6.33 Å². The van der Waals surface area contributed by atoms with Gasteiger partial charge in [-0.2, -0.15) is 0 Å². The topological polar surface area (TPSA) is 78.5 Å². The summed E-state index contributed by atoms with van der Waals surface area (Å²) in [4.78, 5) is 36.2. The van der Waals surface area contributed by atoms with Gasteiger partial charge < -0.3 is 19.5 Å². The van der Waals surface area contributed by atoms with Crippen LogP contribution in [-0.4, -0.2) is 70.5 Å². The van der Waals surface area contributed by atoms with E-state index in [0.717, 1.165) is 76.8 Å². The molecule has 0 saturated carbocycles. The summed E-state index contributed by atoms with van der Waals surface area (Å²) in [6.07, 6.45) is 10.6. The highest BCUT2D eigenvalue weighted by Gasteiger charge is 2.42. The fraction of sp³-hybridized carbons (Fsp3) is 0.750. The molecule has 1 atom stereocenters. The number of ether oxygens (including phenoxy) is 1. The molecular weight excluding hydrogens is 344 g/mol. The Kier molecular flexibility index (Phi) is 5.48. The summed E-state index contributed by atoms with van der Waals surface area (Å²) < 4.78 is 5.68. The molecule has 2 amide bonds. The Bertz CT molecular complexity index is 646. The van der Waals surface area contributed by atoms with Crippen molar-refractivity contribution in [3.63, 3.8) is 0 Å². The van der Waals surface area contributed by atoms with Crippen molar-refractivity contribution in [1.82, 2.24) is 19.8 Å². The van der Waals surface area contributed by atoms with Gasteiger partial charge >= 0.3 is 0 Å². The summed E-state index contributed by atoms with van der Waals surface area (Å²) in [6, 6.07) is 0. The number of likely N-dealkylation sites (tertiary alicyclic amines) is 2. The summed E-state index contributed by atoms with van der Waals surface area (Å²) in [7, 11) is 0. The van der Waals surface area contributed by atoms with Crippen LogP contribution in [0.2, 0.25) is 0 Å². The van der Waals surface area contributed by atoms with Gasteiger partial charge in [0.15, 0.2) is 0 Å². The third-order valence-electron chi connectivity index (χ3n) is 6.54. The molecular formula is C20H30N4O3. The van der Waals surface area contributed by atoms with E-state index in [1.54, 1.807) is 6.33 Å². The van der Waals surface area contributed by atoms with Crippen LogP contribution in [-0.2, 0) is 20.7 Å². The highest BCUT2D eigenvalue weighted by Crippen LogP contribution is 2.40. The van der Waals surface area contributed by atoms with Crippen LogP contribution >= 0.6 is 0 Å². The van der Waals surface area contributed by atoms with Crippen LogP contribution in [0.5, 0.6) is 0 Å². The van der Waals surface area contributed by atoms with Crippen LogP contribution in [0.15, 0.2) is 12.5 Å². The second-order valence-corrected chi connectivity index (χ2v) is 8.32. The predicted molar refractivity (Wildman–Crippen MR) is 99.9 cm³/mol. The summed E-state index contributed by atoms with van der Waals surface area (Å²) in [5, 5.41) is 0. The lowest BCUT2D eigenvalue weighted by Gasteiger charge is -2.48. The molecule has 0 radical (unpaired) electrons. The van der Waals surface area contributed by atoms with Gasteiger partial charge in [-0.05, 0) is 43.9 Å². The summed E-state index contributed by atoms with van der Waals surface area (Å²) >= 11 is 0. The number of aromatic amines is 1. The van der Waals surface area contributed by atoms with Gasteiger partial charge in [0.1, 0.15) is 6.10 Å². The molecule has 0 bridgehead atoms. The highest BCUT2D eigenvalue weighted by atomic mass is 16.5. The quantitative estimate of drug-likeness (QED) is 0.871. The molecule has 1 aromatic heterocycles. The van der Waals surface area contributed by atoms with E-state index < -0.39 is 0 Å². The number of nitrogens with one attached hydrogen (secondary N) is 1. The minimum atomic E-state index is -0.230. The van der Waals surface area contributed by atoms with Crippen LogP contribution in [0.3, 0.4) is 0 Å². The van der Waals surface area contributed by atoms with Gasteiger partial charge in [-0.25, -0.2) is 4.98 Å². The molecule has 1 spiro atoms. The van der Waals surface area contributed by atoms with Gasteiger partial charge in [-0.3, -0.25) is 9.59 Å². The monoisotopic (exact) mass is 374 g/mol. The zero-order chi connectivity index (χ0) is 18.7. The lowest BCUT2D eigenvalue weighted by Crippen LogP contribution is -2.54. The summed E-state index contributed by atoms with van der Waals surface area (Å²) in [6.45, 7) is 3.85. The van der Waals surface area contributed by atoms with Crippen molar-refractivity contribution in [3.05, 3.63) is 18.2 Å². The molecule has 0 aromatic carbocycles. The Morgan fingerprint density at radius 1 is 1.30 bits per heavy atom.